The predicted octanol–water partition coefficient (Wildman–Crippen LogP) is 3.61. The van der Waals surface area contributed by atoms with Gasteiger partial charge in [-0.25, -0.2) is 4.98 Å². The molecular formula is C17H23ClN4S. The van der Waals surface area contributed by atoms with E-state index in [1.807, 2.05) is 25.2 Å². The molecule has 0 radical (unpaired) electrons. The van der Waals surface area contributed by atoms with Crippen molar-refractivity contribution in [3.63, 3.8) is 0 Å². The second-order valence-corrected chi connectivity index (χ2v) is 6.68. The molecule has 0 aliphatic rings. The molecule has 23 heavy (non-hydrogen) atoms. The number of hydrogen-bond acceptors (Lipinski definition) is 3. The third-order valence-corrected chi connectivity index (χ3v) is 4.73. The van der Waals surface area contributed by atoms with Gasteiger partial charge in [0, 0.05) is 44.0 Å². The van der Waals surface area contributed by atoms with E-state index in [2.05, 4.69) is 38.6 Å². The van der Waals surface area contributed by atoms with E-state index in [0.717, 1.165) is 48.2 Å². The van der Waals surface area contributed by atoms with Crippen LogP contribution in [0.4, 0.5) is 0 Å². The minimum Gasteiger partial charge on any atom is -0.356 e. The second kappa shape index (κ2) is 8.89. The zero-order valence-corrected chi connectivity index (χ0v) is 15.4. The summed E-state index contributed by atoms with van der Waals surface area (Å²) in [5, 5.41) is 7.48. The molecule has 0 unspecified atom stereocenters. The lowest BCUT2D eigenvalue weighted by atomic mass is 10.2. The summed E-state index contributed by atoms with van der Waals surface area (Å²) in [4.78, 5) is 11.0. The summed E-state index contributed by atoms with van der Waals surface area (Å²) in [5.74, 6) is 0.871. The van der Waals surface area contributed by atoms with Crippen molar-refractivity contribution in [1.29, 1.82) is 0 Å². The number of thiazole rings is 1. The van der Waals surface area contributed by atoms with Gasteiger partial charge < -0.3 is 10.2 Å². The van der Waals surface area contributed by atoms with Gasteiger partial charge in [-0.3, -0.25) is 4.99 Å². The molecule has 0 bridgehead atoms. The minimum absolute atomic E-state index is 0.758. The Morgan fingerprint density at radius 3 is 2.91 bits per heavy atom. The molecule has 1 aromatic heterocycles. The highest BCUT2D eigenvalue weighted by Crippen LogP contribution is 2.12. The first-order valence-corrected chi connectivity index (χ1v) is 8.97. The highest BCUT2D eigenvalue weighted by Gasteiger charge is 2.07. The second-order valence-electron chi connectivity index (χ2n) is 5.30. The monoisotopic (exact) mass is 350 g/mol. The van der Waals surface area contributed by atoms with Crippen LogP contribution in [0, 0.1) is 0 Å². The Balaban J connectivity index is 1.84. The topological polar surface area (TPSA) is 40.5 Å². The van der Waals surface area contributed by atoms with Gasteiger partial charge in [0.25, 0.3) is 0 Å². The summed E-state index contributed by atoms with van der Waals surface area (Å²) < 4.78 is 0. The average molecular weight is 351 g/mol. The van der Waals surface area contributed by atoms with Crippen LogP contribution in [0.2, 0.25) is 5.02 Å². The van der Waals surface area contributed by atoms with Crippen molar-refractivity contribution in [1.82, 2.24) is 15.2 Å². The summed E-state index contributed by atoms with van der Waals surface area (Å²) in [6, 6.07) is 7.90. The molecule has 2 aromatic rings. The van der Waals surface area contributed by atoms with Crippen molar-refractivity contribution >= 4 is 28.9 Å². The summed E-state index contributed by atoms with van der Waals surface area (Å²) in [6.45, 7) is 3.71. The normalized spacial score (nSPS) is 11.6. The number of aryl methyl sites for hydroxylation is 1. The van der Waals surface area contributed by atoms with Crippen LogP contribution in [0.25, 0.3) is 0 Å². The first-order chi connectivity index (χ1) is 11.1. The van der Waals surface area contributed by atoms with Crippen molar-refractivity contribution in [2.45, 2.75) is 26.3 Å². The first-order valence-electron chi connectivity index (χ1n) is 7.72. The SMILES string of the molecule is CCc1nc(CCNC(=NC)N(C)Cc2cccc(Cl)c2)cs1. The Hall–Kier alpha value is -1.59. The van der Waals surface area contributed by atoms with E-state index in [4.69, 9.17) is 11.6 Å². The quantitative estimate of drug-likeness (QED) is 0.639. The van der Waals surface area contributed by atoms with Gasteiger partial charge >= 0.3 is 0 Å². The average Bonchev–Trinajstić information content (AvgIpc) is 2.99. The van der Waals surface area contributed by atoms with E-state index >= 15 is 0 Å². The van der Waals surface area contributed by atoms with Crippen LogP contribution in [0.3, 0.4) is 0 Å². The Morgan fingerprint density at radius 2 is 2.26 bits per heavy atom. The standard InChI is InChI=1S/C17H23ClN4S/c1-4-16-21-15(12-23-16)8-9-20-17(19-2)22(3)11-13-6-5-7-14(18)10-13/h5-7,10,12H,4,8-9,11H2,1-3H3,(H,19,20). The molecule has 0 aliphatic heterocycles. The van der Waals surface area contributed by atoms with Gasteiger partial charge in [0.05, 0.1) is 10.7 Å². The predicted molar refractivity (Wildman–Crippen MR) is 99.5 cm³/mol. The number of rotatable bonds is 6. The van der Waals surface area contributed by atoms with Gasteiger partial charge in [0.15, 0.2) is 5.96 Å². The van der Waals surface area contributed by atoms with E-state index < -0.39 is 0 Å². The van der Waals surface area contributed by atoms with Crippen molar-refractivity contribution in [3.05, 3.63) is 50.9 Å². The molecule has 124 valence electrons. The molecule has 0 fully saturated rings. The molecular weight excluding hydrogens is 328 g/mol. The Kier molecular flexibility index (Phi) is 6.86. The number of aromatic nitrogens is 1. The van der Waals surface area contributed by atoms with Crippen molar-refractivity contribution in [2.75, 3.05) is 20.6 Å². The Morgan fingerprint density at radius 1 is 1.43 bits per heavy atom. The fourth-order valence-electron chi connectivity index (χ4n) is 2.30. The molecule has 0 atom stereocenters. The maximum atomic E-state index is 6.04. The van der Waals surface area contributed by atoms with Crippen LogP contribution in [0.15, 0.2) is 34.6 Å². The van der Waals surface area contributed by atoms with Gasteiger partial charge in [-0.2, -0.15) is 0 Å². The summed E-state index contributed by atoms with van der Waals surface area (Å²) in [5.41, 5.74) is 2.31. The van der Waals surface area contributed by atoms with E-state index in [-0.39, 0.29) is 0 Å². The fourth-order valence-corrected chi connectivity index (χ4v) is 3.29. The number of nitrogens with zero attached hydrogens (tertiary/aromatic N) is 3. The molecule has 6 heteroatoms. The number of nitrogens with one attached hydrogen (secondary N) is 1. The minimum atomic E-state index is 0.758. The van der Waals surface area contributed by atoms with Crippen LogP contribution in [-0.2, 0) is 19.4 Å². The summed E-state index contributed by atoms with van der Waals surface area (Å²) >= 11 is 7.77. The van der Waals surface area contributed by atoms with Gasteiger partial charge in [0.2, 0.25) is 0 Å². The molecule has 1 N–H and O–H groups in total. The van der Waals surface area contributed by atoms with Gasteiger partial charge in [-0.1, -0.05) is 30.7 Å². The number of benzene rings is 1. The Labute approximate surface area is 147 Å². The van der Waals surface area contributed by atoms with Crippen LogP contribution in [-0.4, -0.2) is 36.5 Å². The maximum absolute atomic E-state index is 6.04. The van der Waals surface area contributed by atoms with Crippen LogP contribution in [0.5, 0.6) is 0 Å². The molecule has 0 saturated carbocycles. The molecule has 1 heterocycles. The third kappa shape index (κ3) is 5.52. The van der Waals surface area contributed by atoms with Crippen LogP contribution >= 0.6 is 22.9 Å². The lowest BCUT2D eigenvalue weighted by Gasteiger charge is -2.22. The van der Waals surface area contributed by atoms with E-state index in [9.17, 15) is 0 Å². The lowest BCUT2D eigenvalue weighted by molar-refractivity contribution is 0.477. The van der Waals surface area contributed by atoms with E-state index in [1.165, 1.54) is 5.01 Å². The maximum Gasteiger partial charge on any atom is 0.193 e. The highest BCUT2D eigenvalue weighted by atomic mass is 35.5. The van der Waals surface area contributed by atoms with Gasteiger partial charge in [-0.15, -0.1) is 11.3 Å². The molecule has 4 nitrogen and oxygen atoms in total. The Bertz CT molecular complexity index is 654. The van der Waals surface area contributed by atoms with Crippen molar-refractivity contribution < 1.29 is 0 Å². The first kappa shape index (κ1) is 17.8. The smallest absolute Gasteiger partial charge is 0.193 e. The third-order valence-electron chi connectivity index (χ3n) is 3.45. The summed E-state index contributed by atoms with van der Waals surface area (Å²) in [7, 11) is 3.82. The number of hydrogen-bond donors (Lipinski definition) is 1. The molecule has 1 aromatic carbocycles. The van der Waals surface area contributed by atoms with Crippen LogP contribution in [0.1, 0.15) is 23.2 Å². The van der Waals surface area contributed by atoms with Gasteiger partial charge in [-0.05, 0) is 24.1 Å². The number of halogens is 1. The van der Waals surface area contributed by atoms with Crippen LogP contribution < -0.4 is 5.32 Å². The lowest BCUT2D eigenvalue weighted by Crippen LogP contribution is -2.39. The molecule has 0 amide bonds. The zero-order chi connectivity index (χ0) is 16.7. The number of guanidine groups is 1. The van der Waals surface area contributed by atoms with Crippen molar-refractivity contribution in [2.24, 2.45) is 4.99 Å². The summed E-state index contributed by atoms with van der Waals surface area (Å²) in [6.07, 6.45) is 1.91. The fraction of sp³-hybridized carbons (Fsp3) is 0.412. The highest BCUT2D eigenvalue weighted by molar-refractivity contribution is 7.09. The van der Waals surface area contributed by atoms with E-state index in [1.54, 1.807) is 18.4 Å². The molecule has 2 rings (SSSR count). The number of aliphatic imine (C=N–C) groups is 1. The van der Waals surface area contributed by atoms with Crippen molar-refractivity contribution in [3.8, 4) is 0 Å². The van der Waals surface area contributed by atoms with E-state index in [0.29, 0.717) is 0 Å². The molecule has 0 spiro atoms. The molecule has 0 aliphatic carbocycles. The molecule has 0 saturated heterocycles. The van der Waals surface area contributed by atoms with Gasteiger partial charge in [0.1, 0.15) is 0 Å². The largest absolute Gasteiger partial charge is 0.356 e. The zero-order valence-electron chi connectivity index (χ0n) is 13.8.